The van der Waals surface area contributed by atoms with Gasteiger partial charge in [0, 0.05) is 0 Å². The number of halogens is 1. The summed E-state index contributed by atoms with van der Waals surface area (Å²) in [5, 5.41) is 3.07. The van der Waals surface area contributed by atoms with Crippen molar-refractivity contribution in [1.82, 2.24) is 0 Å². The molecule has 0 unspecified atom stereocenters. The Morgan fingerprint density at radius 2 is 1.64 bits per heavy atom. The maximum absolute atomic E-state index is 12.2. The number of rotatable bonds is 4. The van der Waals surface area contributed by atoms with Crippen LogP contribution in [0.5, 0.6) is 0 Å². The van der Waals surface area contributed by atoms with Crippen molar-refractivity contribution in [2.45, 2.75) is 39.2 Å². The fraction of sp³-hybridized carbons (Fsp3) is 0.300. The molecule has 4 nitrogen and oxygen atoms in total. The van der Waals surface area contributed by atoms with E-state index in [-0.39, 0.29) is 5.41 Å². The van der Waals surface area contributed by atoms with Crippen LogP contribution < -0.4 is 5.32 Å². The Hall–Kier alpha value is -2.33. The zero-order valence-electron chi connectivity index (χ0n) is 14.8. The van der Waals surface area contributed by atoms with Gasteiger partial charge in [-0.05, 0) is 42.2 Å². The third-order valence-electron chi connectivity index (χ3n) is 3.77. The lowest BCUT2D eigenvalue weighted by Crippen LogP contribution is -2.30. The number of esters is 1. The summed E-state index contributed by atoms with van der Waals surface area (Å²) in [5.41, 5.74) is 2.01. The topological polar surface area (TPSA) is 55.4 Å². The van der Waals surface area contributed by atoms with E-state index in [1.807, 2.05) is 12.1 Å². The molecule has 0 saturated heterocycles. The van der Waals surface area contributed by atoms with Crippen molar-refractivity contribution in [3.63, 3.8) is 0 Å². The predicted molar refractivity (Wildman–Crippen MR) is 100 cm³/mol. The molecule has 1 amide bonds. The molecule has 2 aromatic carbocycles. The molecule has 0 spiro atoms. The minimum Gasteiger partial charge on any atom is -0.449 e. The van der Waals surface area contributed by atoms with Crippen molar-refractivity contribution in [3.8, 4) is 0 Å². The van der Waals surface area contributed by atoms with Crippen molar-refractivity contribution >= 4 is 29.2 Å². The van der Waals surface area contributed by atoms with Gasteiger partial charge in [-0.1, -0.05) is 56.6 Å². The van der Waals surface area contributed by atoms with E-state index in [0.717, 1.165) is 5.56 Å². The maximum Gasteiger partial charge on any atom is 0.338 e. The van der Waals surface area contributed by atoms with Gasteiger partial charge >= 0.3 is 5.97 Å². The number of hydrogen-bond donors (Lipinski definition) is 1. The van der Waals surface area contributed by atoms with Crippen molar-refractivity contribution in [2.24, 2.45) is 0 Å². The number of carbonyl (C=O) groups is 2. The van der Waals surface area contributed by atoms with E-state index in [9.17, 15) is 9.59 Å². The van der Waals surface area contributed by atoms with Crippen molar-refractivity contribution in [2.75, 3.05) is 5.32 Å². The molecule has 0 aromatic heterocycles. The van der Waals surface area contributed by atoms with E-state index in [2.05, 4.69) is 26.1 Å². The summed E-state index contributed by atoms with van der Waals surface area (Å²) in [5.74, 6) is -0.977. The summed E-state index contributed by atoms with van der Waals surface area (Å²) >= 11 is 6.00. The van der Waals surface area contributed by atoms with Gasteiger partial charge in [0.05, 0.1) is 16.3 Å². The van der Waals surface area contributed by atoms with Gasteiger partial charge in [-0.3, -0.25) is 4.79 Å². The monoisotopic (exact) mass is 359 g/mol. The highest BCUT2D eigenvalue weighted by atomic mass is 35.5. The lowest BCUT2D eigenvalue weighted by atomic mass is 9.87. The molecule has 2 aromatic rings. The van der Waals surface area contributed by atoms with Crippen LogP contribution in [-0.2, 0) is 14.9 Å². The summed E-state index contributed by atoms with van der Waals surface area (Å²) in [6.45, 7) is 7.82. The number of benzene rings is 2. The van der Waals surface area contributed by atoms with Crippen LogP contribution in [-0.4, -0.2) is 18.0 Å². The molecule has 132 valence electrons. The molecule has 0 aliphatic carbocycles. The van der Waals surface area contributed by atoms with Gasteiger partial charge in [-0.2, -0.15) is 0 Å². The predicted octanol–water partition coefficient (Wildman–Crippen LogP) is 4.82. The Morgan fingerprint density at radius 1 is 1.04 bits per heavy atom. The highest BCUT2D eigenvalue weighted by Crippen LogP contribution is 2.23. The number of anilines is 1. The summed E-state index contributed by atoms with van der Waals surface area (Å²) in [4.78, 5) is 24.4. The first-order valence-electron chi connectivity index (χ1n) is 8.05. The van der Waals surface area contributed by atoms with E-state index in [1.54, 1.807) is 36.4 Å². The SMILES string of the molecule is C[C@H](OC(=O)c1ccc(C(C)(C)C)cc1)C(=O)Nc1ccccc1Cl. The molecular weight excluding hydrogens is 338 g/mol. The highest BCUT2D eigenvalue weighted by molar-refractivity contribution is 6.33. The van der Waals surface area contributed by atoms with Crippen LogP contribution >= 0.6 is 11.6 Å². The Kier molecular flexibility index (Phi) is 5.85. The fourth-order valence-corrected chi connectivity index (χ4v) is 2.37. The Bertz CT molecular complexity index is 763. The van der Waals surface area contributed by atoms with Crippen LogP contribution in [0.4, 0.5) is 5.69 Å². The molecule has 0 heterocycles. The smallest absolute Gasteiger partial charge is 0.338 e. The van der Waals surface area contributed by atoms with Crippen LogP contribution in [0.2, 0.25) is 5.02 Å². The molecule has 0 aliphatic rings. The first-order valence-corrected chi connectivity index (χ1v) is 8.43. The van der Waals surface area contributed by atoms with Gasteiger partial charge in [0.15, 0.2) is 6.10 Å². The van der Waals surface area contributed by atoms with Gasteiger partial charge in [-0.15, -0.1) is 0 Å². The minimum absolute atomic E-state index is 0.00453. The Labute approximate surface area is 153 Å². The van der Waals surface area contributed by atoms with E-state index in [4.69, 9.17) is 16.3 Å². The van der Waals surface area contributed by atoms with Gasteiger partial charge in [0.2, 0.25) is 0 Å². The summed E-state index contributed by atoms with van der Waals surface area (Å²) in [7, 11) is 0. The van der Waals surface area contributed by atoms with Gasteiger partial charge in [0.1, 0.15) is 0 Å². The molecule has 1 N–H and O–H groups in total. The lowest BCUT2D eigenvalue weighted by Gasteiger charge is -2.19. The average Bonchev–Trinajstić information content (AvgIpc) is 2.56. The zero-order valence-corrected chi connectivity index (χ0v) is 15.6. The van der Waals surface area contributed by atoms with Gasteiger partial charge in [0.25, 0.3) is 5.91 Å². The molecule has 0 saturated carbocycles. The lowest BCUT2D eigenvalue weighted by molar-refractivity contribution is -0.123. The van der Waals surface area contributed by atoms with Crippen molar-refractivity contribution < 1.29 is 14.3 Å². The molecule has 5 heteroatoms. The average molecular weight is 360 g/mol. The first-order chi connectivity index (χ1) is 11.7. The number of ether oxygens (including phenoxy) is 1. The Balaban J connectivity index is 1.99. The van der Waals surface area contributed by atoms with Crippen LogP contribution in [0.15, 0.2) is 48.5 Å². The number of hydrogen-bond acceptors (Lipinski definition) is 3. The molecule has 0 bridgehead atoms. The molecule has 0 fully saturated rings. The second-order valence-corrected chi connectivity index (χ2v) is 7.25. The van der Waals surface area contributed by atoms with E-state index in [0.29, 0.717) is 16.3 Å². The van der Waals surface area contributed by atoms with Crippen molar-refractivity contribution in [3.05, 3.63) is 64.7 Å². The van der Waals surface area contributed by atoms with E-state index < -0.39 is 18.0 Å². The molecule has 0 aliphatic heterocycles. The van der Waals surface area contributed by atoms with Crippen molar-refractivity contribution in [1.29, 1.82) is 0 Å². The van der Waals surface area contributed by atoms with Gasteiger partial charge < -0.3 is 10.1 Å². The number of carbonyl (C=O) groups excluding carboxylic acids is 2. The third kappa shape index (κ3) is 5.07. The quantitative estimate of drug-likeness (QED) is 0.796. The minimum atomic E-state index is -0.939. The highest BCUT2D eigenvalue weighted by Gasteiger charge is 2.20. The summed E-state index contributed by atoms with van der Waals surface area (Å²) in [6.07, 6.45) is -0.939. The number of para-hydroxylation sites is 1. The second kappa shape index (κ2) is 7.70. The Morgan fingerprint density at radius 3 is 2.20 bits per heavy atom. The largest absolute Gasteiger partial charge is 0.449 e. The standard InChI is InChI=1S/C20H22ClNO3/c1-13(18(23)22-17-8-6-5-7-16(17)21)25-19(24)14-9-11-15(12-10-14)20(2,3)4/h5-13H,1-4H3,(H,22,23)/t13-/m0/s1. The van der Waals surface area contributed by atoms with Crippen LogP contribution in [0, 0.1) is 0 Å². The molecule has 1 atom stereocenters. The van der Waals surface area contributed by atoms with E-state index >= 15 is 0 Å². The molecular formula is C20H22ClNO3. The number of nitrogens with one attached hydrogen (secondary N) is 1. The number of amides is 1. The molecule has 25 heavy (non-hydrogen) atoms. The zero-order chi connectivity index (χ0) is 18.6. The van der Waals surface area contributed by atoms with E-state index in [1.165, 1.54) is 6.92 Å². The van der Waals surface area contributed by atoms with Gasteiger partial charge in [-0.25, -0.2) is 4.79 Å². The second-order valence-electron chi connectivity index (χ2n) is 6.84. The third-order valence-corrected chi connectivity index (χ3v) is 4.10. The van der Waals surface area contributed by atoms with Crippen LogP contribution in [0.3, 0.4) is 0 Å². The molecule has 2 rings (SSSR count). The fourth-order valence-electron chi connectivity index (χ4n) is 2.19. The first kappa shape index (κ1) is 19.0. The summed E-state index contributed by atoms with van der Waals surface area (Å²) in [6, 6.07) is 14.1. The summed E-state index contributed by atoms with van der Waals surface area (Å²) < 4.78 is 5.24. The molecule has 0 radical (unpaired) electrons. The maximum atomic E-state index is 12.2. The van der Waals surface area contributed by atoms with Crippen LogP contribution in [0.25, 0.3) is 0 Å². The van der Waals surface area contributed by atoms with Crippen LogP contribution in [0.1, 0.15) is 43.6 Å². The normalized spacial score (nSPS) is 12.4.